The fourth-order valence-electron chi connectivity index (χ4n) is 4.11. The third kappa shape index (κ3) is 5.40. The van der Waals surface area contributed by atoms with E-state index in [1.807, 2.05) is 37.3 Å². The molecular weight excluding hydrogens is 381 g/mol. The quantitative estimate of drug-likeness (QED) is 0.587. The minimum atomic E-state index is -4.45. The Bertz CT molecular complexity index is 822. The Morgan fingerprint density at radius 2 is 1.90 bits per heavy atom. The molecule has 7 heteroatoms. The topological polar surface area (TPSA) is 44.1 Å². The number of ether oxygens (including phenoxy) is 1. The molecule has 158 valence electrons. The van der Waals surface area contributed by atoms with Gasteiger partial charge < -0.3 is 4.74 Å². The van der Waals surface area contributed by atoms with Crippen LogP contribution in [0.1, 0.15) is 68.9 Å². The van der Waals surface area contributed by atoms with Gasteiger partial charge in [-0.05, 0) is 49.7 Å². The van der Waals surface area contributed by atoms with Crippen molar-refractivity contribution in [1.82, 2.24) is 9.78 Å². The third-order valence-electron chi connectivity index (χ3n) is 5.69. The maximum atomic E-state index is 13.6. The van der Waals surface area contributed by atoms with Crippen molar-refractivity contribution in [2.24, 2.45) is 5.41 Å². The van der Waals surface area contributed by atoms with Crippen molar-refractivity contribution in [3.8, 4) is 0 Å². The van der Waals surface area contributed by atoms with E-state index in [1.54, 1.807) is 6.92 Å². The second kappa shape index (κ2) is 8.59. The van der Waals surface area contributed by atoms with E-state index in [-0.39, 0.29) is 17.4 Å². The number of benzene rings is 1. The number of halogens is 3. The normalized spacial score (nSPS) is 22.4. The molecule has 0 saturated heterocycles. The fourth-order valence-corrected chi connectivity index (χ4v) is 4.11. The summed E-state index contributed by atoms with van der Waals surface area (Å²) in [6.45, 7) is 4.11. The van der Waals surface area contributed by atoms with E-state index in [2.05, 4.69) is 5.10 Å². The van der Waals surface area contributed by atoms with Gasteiger partial charge in [-0.3, -0.25) is 9.48 Å². The van der Waals surface area contributed by atoms with E-state index < -0.39 is 11.9 Å². The van der Waals surface area contributed by atoms with Crippen LogP contribution in [-0.4, -0.2) is 22.4 Å². The van der Waals surface area contributed by atoms with E-state index in [4.69, 9.17) is 4.74 Å². The predicted molar refractivity (Wildman–Crippen MR) is 103 cm³/mol. The van der Waals surface area contributed by atoms with Crippen molar-refractivity contribution in [2.45, 2.75) is 64.6 Å². The van der Waals surface area contributed by atoms with Crippen LogP contribution in [0.3, 0.4) is 0 Å². The molecule has 0 bridgehead atoms. The molecule has 1 aliphatic carbocycles. The Kier molecular flexibility index (Phi) is 6.34. The molecule has 0 N–H and O–H groups in total. The van der Waals surface area contributed by atoms with Crippen molar-refractivity contribution >= 4 is 5.97 Å². The lowest BCUT2D eigenvalue weighted by molar-refractivity contribution is -0.146. The molecule has 1 heterocycles. The number of carbonyl (C=O) groups excluding carboxylic acids is 1. The van der Waals surface area contributed by atoms with E-state index >= 15 is 0 Å². The van der Waals surface area contributed by atoms with Gasteiger partial charge in [0.05, 0.1) is 24.8 Å². The van der Waals surface area contributed by atoms with Gasteiger partial charge in [0.1, 0.15) is 5.69 Å². The largest absolute Gasteiger partial charge is 0.466 e. The van der Waals surface area contributed by atoms with Crippen LogP contribution in [-0.2, 0) is 22.1 Å². The van der Waals surface area contributed by atoms with Gasteiger partial charge in [-0.1, -0.05) is 37.3 Å². The van der Waals surface area contributed by atoms with Crippen molar-refractivity contribution < 1.29 is 22.7 Å². The molecule has 1 aliphatic rings. The fraction of sp³-hybridized carbons (Fsp3) is 0.545. The van der Waals surface area contributed by atoms with Gasteiger partial charge in [0, 0.05) is 6.42 Å². The molecule has 1 aromatic carbocycles. The lowest BCUT2D eigenvalue weighted by Gasteiger charge is -2.37. The first-order valence-corrected chi connectivity index (χ1v) is 10.1. The summed E-state index contributed by atoms with van der Waals surface area (Å²) in [5, 5.41) is 4.34. The van der Waals surface area contributed by atoms with E-state index in [0.29, 0.717) is 50.8 Å². The van der Waals surface area contributed by atoms with Gasteiger partial charge in [-0.25, -0.2) is 0 Å². The van der Waals surface area contributed by atoms with Crippen LogP contribution < -0.4 is 0 Å². The number of hydrogen-bond donors (Lipinski definition) is 0. The molecule has 1 fully saturated rings. The van der Waals surface area contributed by atoms with Gasteiger partial charge in [0.2, 0.25) is 0 Å². The molecule has 0 radical (unpaired) electrons. The molecule has 0 spiro atoms. The molecule has 0 amide bonds. The highest BCUT2D eigenvalue weighted by atomic mass is 19.4. The number of nitrogens with zero attached hydrogens (tertiary/aromatic N) is 2. The van der Waals surface area contributed by atoms with Crippen LogP contribution in [0.4, 0.5) is 13.2 Å². The van der Waals surface area contributed by atoms with Crippen LogP contribution in [0.5, 0.6) is 0 Å². The highest BCUT2D eigenvalue weighted by Crippen LogP contribution is 2.44. The van der Waals surface area contributed by atoms with E-state index in [0.717, 1.165) is 5.56 Å². The first-order valence-electron chi connectivity index (χ1n) is 10.1. The zero-order valence-corrected chi connectivity index (χ0v) is 16.8. The number of hydrogen-bond acceptors (Lipinski definition) is 3. The Balaban J connectivity index is 1.75. The highest BCUT2D eigenvalue weighted by molar-refractivity contribution is 5.70. The number of esters is 1. The van der Waals surface area contributed by atoms with Gasteiger partial charge >= 0.3 is 12.1 Å². The molecule has 0 aliphatic heterocycles. The number of carbonyl (C=O) groups is 1. The molecule has 3 rings (SSSR count). The number of alkyl halides is 3. The maximum Gasteiger partial charge on any atom is 0.433 e. The van der Waals surface area contributed by atoms with E-state index in [9.17, 15) is 18.0 Å². The van der Waals surface area contributed by atoms with Gasteiger partial charge in [0.25, 0.3) is 0 Å². The molecule has 4 nitrogen and oxygen atoms in total. The first kappa shape index (κ1) is 21.4. The molecule has 1 saturated carbocycles. The summed E-state index contributed by atoms with van der Waals surface area (Å²) in [7, 11) is 0. The standard InChI is InChI=1S/C22H27F3N2O2/c1-3-29-20(28)15-21(2)11-9-18(10-12-21)27-19(22(23,24)25)14-17(26-27)13-16-7-5-4-6-8-16/h4-8,14,18H,3,9-13,15H2,1-2H3. The number of rotatable bonds is 6. The summed E-state index contributed by atoms with van der Waals surface area (Å²) in [5.41, 5.74) is 0.420. The molecule has 1 aromatic heterocycles. The Morgan fingerprint density at radius 1 is 1.24 bits per heavy atom. The summed E-state index contributed by atoms with van der Waals surface area (Å²) in [6, 6.07) is 10.2. The summed E-state index contributed by atoms with van der Waals surface area (Å²) in [6.07, 6.45) is -1.32. The minimum absolute atomic E-state index is 0.235. The molecular formula is C22H27F3N2O2. The Morgan fingerprint density at radius 3 is 2.48 bits per heavy atom. The van der Waals surface area contributed by atoms with Crippen molar-refractivity contribution in [3.05, 3.63) is 53.3 Å². The third-order valence-corrected chi connectivity index (χ3v) is 5.69. The van der Waals surface area contributed by atoms with Crippen LogP contribution in [0.15, 0.2) is 36.4 Å². The Labute approximate surface area is 169 Å². The lowest BCUT2D eigenvalue weighted by Crippen LogP contribution is -2.30. The van der Waals surface area contributed by atoms with Crippen molar-refractivity contribution in [1.29, 1.82) is 0 Å². The number of aromatic nitrogens is 2. The summed E-state index contributed by atoms with van der Waals surface area (Å²) >= 11 is 0. The summed E-state index contributed by atoms with van der Waals surface area (Å²) in [5.74, 6) is -0.242. The van der Waals surface area contributed by atoms with Crippen LogP contribution in [0, 0.1) is 5.41 Å². The highest BCUT2D eigenvalue weighted by Gasteiger charge is 2.40. The SMILES string of the molecule is CCOC(=O)CC1(C)CCC(n2nc(Cc3ccccc3)cc2C(F)(F)F)CC1. The molecule has 0 unspecified atom stereocenters. The Hall–Kier alpha value is -2.31. The second-order valence-electron chi connectivity index (χ2n) is 8.15. The zero-order valence-electron chi connectivity index (χ0n) is 16.8. The molecule has 0 atom stereocenters. The van der Waals surface area contributed by atoms with Gasteiger partial charge in [-0.15, -0.1) is 0 Å². The predicted octanol–water partition coefficient (Wildman–Crippen LogP) is 5.57. The molecule has 2 aromatic rings. The average Bonchev–Trinajstić information content (AvgIpc) is 3.07. The van der Waals surface area contributed by atoms with Crippen LogP contribution >= 0.6 is 0 Å². The smallest absolute Gasteiger partial charge is 0.433 e. The minimum Gasteiger partial charge on any atom is -0.466 e. The van der Waals surface area contributed by atoms with Gasteiger partial charge in [-0.2, -0.15) is 18.3 Å². The second-order valence-corrected chi connectivity index (χ2v) is 8.15. The van der Waals surface area contributed by atoms with Crippen LogP contribution in [0.2, 0.25) is 0 Å². The van der Waals surface area contributed by atoms with Crippen molar-refractivity contribution in [3.63, 3.8) is 0 Å². The summed E-state index contributed by atoms with van der Waals surface area (Å²) in [4.78, 5) is 11.8. The first-order chi connectivity index (χ1) is 13.7. The average molecular weight is 408 g/mol. The maximum absolute atomic E-state index is 13.6. The summed E-state index contributed by atoms with van der Waals surface area (Å²) < 4.78 is 47.1. The van der Waals surface area contributed by atoms with Gasteiger partial charge in [0.15, 0.2) is 0 Å². The lowest BCUT2D eigenvalue weighted by atomic mass is 9.72. The van der Waals surface area contributed by atoms with Crippen molar-refractivity contribution in [2.75, 3.05) is 6.61 Å². The molecule has 29 heavy (non-hydrogen) atoms. The van der Waals surface area contributed by atoms with E-state index in [1.165, 1.54) is 10.7 Å². The van der Waals surface area contributed by atoms with Crippen LogP contribution in [0.25, 0.3) is 0 Å². The zero-order chi connectivity index (χ0) is 21.1. The monoisotopic (exact) mass is 408 g/mol.